The predicted octanol–water partition coefficient (Wildman–Crippen LogP) is -1.01. The number of carbonyl (C=O) groups excluding carboxylic acids is 2. The van der Waals surface area contributed by atoms with Gasteiger partial charge in [0.15, 0.2) is 0 Å². The molecule has 31 heavy (non-hydrogen) atoms. The lowest BCUT2D eigenvalue weighted by Crippen LogP contribution is -2.55. The molecule has 0 aliphatic heterocycles. The average molecular weight is 462 g/mol. The molecule has 0 aliphatic carbocycles. The Labute approximate surface area is 187 Å². The predicted molar refractivity (Wildman–Crippen MR) is 120 cm³/mol. The van der Waals surface area contributed by atoms with Crippen LogP contribution in [-0.4, -0.2) is 82.6 Å². The summed E-state index contributed by atoms with van der Waals surface area (Å²) in [5.41, 5.74) is 5.34. The van der Waals surface area contributed by atoms with Crippen LogP contribution in [0, 0.1) is 0 Å². The zero-order valence-electron chi connectivity index (χ0n) is 18.3. The molecule has 0 aliphatic rings. The van der Waals surface area contributed by atoms with Gasteiger partial charge in [0.25, 0.3) is 0 Å². The number of nitrogens with one attached hydrogen (secondary N) is 4. The van der Waals surface area contributed by atoms with Crippen LogP contribution in [0.1, 0.15) is 46.5 Å². The fraction of sp³-hybridized carbons (Fsp3) is 0.737. The van der Waals surface area contributed by atoms with Crippen LogP contribution < -0.4 is 27.0 Å². The third-order valence-electron chi connectivity index (χ3n) is 4.15. The second-order valence-electron chi connectivity index (χ2n) is 8.08. The van der Waals surface area contributed by atoms with E-state index in [4.69, 9.17) is 23.1 Å². The molecule has 0 heterocycles. The number of thiocarbonyl (C=S) groups is 1. The van der Waals surface area contributed by atoms with Gasteiger partial charge in [-0.2, -0.15) is 0 Å². The first-order valence-electron chi connectivity index (χ1n) is 10.1. The molecule has 178 valence electrons. The van der Waals surface area contributed by atoms with Crippen LogP contribution in [0.3, 0.4) is 0 Å². The number of hydrogen-bond donors (Lipinski definition) is 7. The minimum absolute atomic E-state index is 0.00596. The van der Waals surface area contributed by atoms with E-state index in [1.54, 1.807) is 0 Å². The number of carbonyl (C=O) groups is 4. The first-order valence-corrected chi connectivity index (χ1v) is 10.6. The molecule has 2 amide bonds. The van der Waals surface area contributed by atoms with E-state index in [2.05, 4.69) is 21.3 Å². The summed E-state index contributed by atoms with van der Waals surface area (Å²) in [6.45, 7) is 6.26. The minimum atomic E-state index is -1.22. The fourth-order valence-corrected chi connectivity index (χ4v) is 2.81. The van der Waals surface area contributed by atoms with E-state index in [1.807, 2.05) is 20.8 Å². The summed E-state index contributed by atoms with van der Waals surface area (Å²) in [5.74, 6) is -3.19. The van der Waals surface area contributed by atoms with Crippen molar-refractivity contribution in [1.29, 1.82) is 0 Å². The highest BCUT2D eigenvalue weighted by molar-refractivity contribution is 7.79. The Balaban J connectivity index is 4.69. The summed E-state index contributed by atoms with van der Waals surface area (Å²) in [7, 11) is 0. The average Bonchev–Trinajstić information content (AvgIpc) is 2.66. The monoisotopic (exact) mass is 461 g/mol. The van der Waals surface area contributed by atoms with Gasteiger partial charge in [-0.25, -0.2) is 4.79 Å². The van der Waals surface area contributed by atoms with Crippen molar-refractivity contribution in [3.8, 4) is 0 Å². The molecule has 0 fully saturated rings. The van der Waals surface area contributed by atoms with Crippen molar-refractivity contribution in [2.75, 3.05) is 19.6 Å². The summed E-state index contributed by atoms with van der Waals surface area (Å²) in [6.07, 6.45) is 0.133. The standard InChI is InChI=1S/C19H35N5O6S/c1-19(2,3)24-14(11-20)16(27)22-8-4-5-13(18(29)30)23-17(28)12(21-9-10-31)6-7-15(25)26/h10,12-14,21,24H,4-9,11,20H2,1-3H3,(H,22,27)(H,23,28)(H,25,26)(H,29,30)/t12-,13?,14-/m0/s1. The second kappa shape index (κ2) is 14.8. The van der Waals surface area contributed by atoms with Gasteiger partial charge in [0.2, 0.25) is 11.8 Å². The van der Waals surface area contributed by atoms with Crippen molar-refractivity contribution in [1.82, 2.24) is 21.3 Å². The van der Waals surface area contributed by atoms with Crippen molar-refractivity contribution >= 4 is 41.3 Å². The number of amides is 2. The third kappa shape index (κ3) is 13.7. The van der Waals surface area contributed by atoms with Crippen molar-refractivity contribution in [3.63, 3.8) is 0 Å². The molecular weight excluding hydrogens is 426 g/mol. The molecular formula is C19H35N5O6S. The molecule has 3 atom stereocenters. The highest BCUT2D eigenvalue weighted by Crippen LogP contribution is 2.03. The van der Waals surface area contributed by atoms with Gasteiger partial charge >= 0.3 is 11.9 Å². The maximum absolute atomic E-state index is 12.4. The van der Waals surface area contributed by atoms with Crippen LogP contribution in [0.5, 0.6) is 0 Å². The maximum atomic E-state index is 12.4. The SMILES string of the molecule is CC(C)(C)N[C@@H](CN)C(=O)NCCCC(NC(=O)[C@H](CCC(=O)O)NCC=S)C(=O)O. The third-order valence-corrected chi connectivity index (χ3v) is 4.32. The highest BCUT2D eigenvalue weighted by atomic mass is 32.1. The Hall–Kier alpha value is -2.15. The lowest BCUT2D eigenvalue weighted by atomic mass is 10.1. The van der Waals surface area contributed by atoms with Crippen LogP contribution >= 0.6 is 12.2 Å². The molecule has 0 saturated heterocycles. The van der Waals surface area contributed by atoms with Gasteiger partial charge in [-0.15, -0.1) is 0 Å². The number of carboxylic acid groups (broad SMARTS) is 2. The molecule has 0 radical (unpaired) electrons. The zero-order valence-corrected chi connectivity index (χ0v) is 19.1. The molecule has 1 unspecified atom stereocenters. The Morgan fingerprint density at radius 2 is 1.68 bits per heavy atom. The number of rotatable bonds is 16. The van der Waals surface area contributed by atoms with Crippen molar-refractivity contribution < 1.29 is 29.4 Å². The maximum Gasteiger partial charge on any atom is 0.326 e. The second-order valence-corrected chi connectivity index (χ2v) is 8.41. The van der Waals surface area contributed by atoms with Gasteiger partial charge in [0, 0.05) is 31.6 Å². The minimum Gasteiger partial charge on any atom is -0.481 e. The number of carboxylic acids is 2. The van der Waals surface area contributed by atoms with Crippen LogP contribution in [0.15, 0.2) is 0 Å². The molecule has 0 saturated carbocycles. The quantitative estimate of drug-likeness (QED) is 0.111. The number of nitrogens with two attached hydrogens (primary N) is 1. The van der Waals surface area contributed by atoms with Gasteiger partial charge in [-0.1, -0.05) is 12.2 Å². The van der Waals surface area contributed by atoms with E-state index in [-0.39, 0.29) is 50.3 Å². The van der Waals surface area contributed by atoms with Crippen LogP contribution in [-0.2, 0) is 19.2 Å². The Morgan fingerprint density at radius 1 is 1.03 bits per heavy atom. The first-order chi connectivity index (χ1) is 14.4. The van der Waals surface area contributed by atoms with E-state index in [9.17, 15) is 24.3 Å². The summed E-state index contributed by atoms with van der Waals surface area (Å²) in [4.78, 5) is 46.9. The van der Waals surface area contributed by atoms with Crippen LogP contribution in [0.25, 0.3) is 0 Å². The normalized spacial score (nSPS) is 14.2. The summed E-state index contributed by atoms with van der Waals surface area (Å²) in [5, 5.41) is 30.6. The highest BCUT2D eigenvalue weighted by Gasteiger charge is 2.26. The smallest absolute Gasteiger partial charge is 0.326 e. The van der Waals surface area contributed by atoms with Gasteiger partial charge in [0.05, 0.1) is 12.1 Å². The molecule has 0 spiro atoms. The van der Waals surface area contributed by atoms with E-state index in [0.29, 0.717) is 6.42 Å². The Kier molecular flexibility index (Phi) is 13.8. The number of hydrogen-bond acceptors (Lipinski definition) is 8. The van der Waals surface area contributed by atoms with Crippen LogP contribution in [0.2, 0.25) is 0 Å². The van der Waals surface area contributed by atoms with Gasteiger partial charge in [-0.3, -0.25) is 14.4 Å². The van der Waals surface area contributed by atoms with Gasteiger partial charge in [0.1, 0.15) is 6.04 Å². The summed E-state index contributed by atoms with van der Waals surface area (Å²) < 4.78 is 0. The zero-order chi connectivity index (χ0) is 24.0. The summed E-state index contributed by atoms with van der Waals surface area (Å²) in [6, 6.07) is -2.63. The molecule has 0 aromatic heterocycles. The molecule has 0 bridgehead atoms. The van der Waals surface area contributed by atoms with Gasteiger partial charge in [-0.05, 0) is 45.4 Å². The Bertz CT molecular complexity index is 625. The van der Waals surface area contributed by atoms with Crippen molar-refractivity contribution in [3.05, 3.63) is 0 Å². The van der Waals surface area contributed by atoms with Gasteiger partial charge < -0.3 is 37.2 Å². The van der Waals surface area contributed by atoms with E-state index < -0.39 is 36.0 Å². The van der Waals surface area contributed by atoms with Crippen molar-refractivity contribution in [2.45, 2.75) is 70.1 Å². The van der Waals surface area contributed by atoms with E-state index in [0.717, 1.165) is 0 Å². The first kappa shape index (κ1) is 28.9. The van der Waals surface area contributed by atoms with E-state index >= 15 is 0 Å². The van der Waals surface area contributed by atoms with E-state index in [1.165, 1.54) is 5.37 Å². The Morgan fingerprint density at radius 3 is 2.16 bits per heavy atom. The number of aliphatic carboxylic acids is 2. The lowest BCUT2D eigenvalue weighted by Gasteiger charge is -2.27. The largest absolute Gasteiger partial charge is 0.481 e. The van der Waals surface area contributed by atoms with Crippen molar-refractivity contribution in [2.24, 2.45) is 5.73 Å². The fourth-order valence-electron chi connectivity index (χ4n) is 2.71. The summed E-state index contributed by atoms with van der Waals surface area (Å²) >= 11 is 4.69. The lowest BCUT2D eigenvalue weighted by molar-refractivity contribution is -0.142. The van der Waals surface area contributed by atoms with Crippen LogP contribution in [0.4, 0.5) is 0 Å². The molecule has 8 N–H and O–H groups in total. The molecule has 0 rings (SSSR count). The molecule has 0 aromatic carbocycles. The molecule has 11 nitrogen and oxygen atoms in total. The molecule has 0 aromatic rings. The topological polar surface area (TPSA) is 183 Å². The molecule has 12 heteroatoms.